The van der Waals surface area contributed by atoms with Crippen molar-refractivity contribution >= 4 is 11.7 Å². The molecule has 0 unspecified atom stereocenters. The number of halogens is 2. The Bertz CT molecular complexity index is 874. The summed E-state index contributed by atoms with van der Waals surface area (Å²) in [4.78, 5) is 18.3. The Kier molecular flexibility index (Phi) is 7.85. The Morgan fingerprint density at radius 3 is 2.74 bits per heavy atom. The molecule has 1 fully saturated rings. The minimum absolute atomic E-state index is 0.0147. The summed E-state index contributed by atoms with van der Waals surface area (Å²) in [6.45, 7) is 0.222. The van der Waals surface area contributed by atoms with Gasteiger partial charge in [0.05, 0.1) is 24.4 Å². The number of pyridine rings is 1. The fourth-order valence-electron chi connectivity index (χ4n) is 3.63. The van der Waals surface area contributed by atoms with Crippen LogP contribution in [0.1, 0.15) is 5.69 Å². The SMILES string of the molecule is CN(CCc1ccccn1)[C@@H]1[C@H](O)[C@H](CO)O[C@@H]1CNC(=O)Nc1ccc(F)cc1F. The van der Waals surface area contributed by atoms with Crippen molar-refractivity contribution in [1.29, 1.82) is 0 Å². The number of likely N-dealkylation sites (N-methyl/N-ethyl adjacent to an activating group) is 1. The molecular weight excluding hydrogens is 410 g/mol. The quantitative estimate of drug-likeness (QED) is 0.495. The van der Waals surface area contributed by atoms with Crippen molar-refractivity contribution in [3.63, 3.8) is 0 Å². The van der Waals surface area contributed by atoms with Gasteiger partial charge in [-0.2, -0.15) is 0 Å². The molecule has 0 aliphatic carbocycles. The third kappa shape index (κ3) is 5.95. The van der Waals surface area contributed by atoms with Crippen molar-refractivity contribution in [2.45, 2.75) is 30.8 Å². The van der Waals surface area contributed by atoms with Crippen LogP contribution in [-0.4, -0.2) is 77.2 Å². The zero-order valence-electron chi connectivity index (χ0n) is 17.0. The van der Waals surface area contributed by atoms with Gasteiger partial charge in [-0.05, 0) is 31.3 Å². The number of urea groups is 1. The largest absolute Gasteiger partial charge is 0.394 e. The highest BCUT2D eigenvalue weighted by Gasteiger charge is 2.45. The number of nitrogens with one attached hydrogen (secondary N) is 2. The number of carbonyl (C=O) groups is 1. The predicted octanol–water partition coefficient (Wildman–Crippen LogP) is 1.14. The average molecular weight is 436 g/mol. The zero-order chi connectivity index (χ0) is 22.4. The van der Waals surface area contributed by atoms with E-state index in [-0.39, 0.29) is 18.8 Å². The number of anilines is 1. The molecule has 8 nitrogen and oxygen atoms in total. The molecule has 0 saturated carbocycles. The van der Waals surface area contributed by atoms with Gasteiger partial charge in [0, 0.05) is 37.5 Å². The molecule has 2 amide bonds. The third-order valence-corrected chi connectivity index (χ3v) is 5.24. The van der Waals surface area contributed by atoms with E-state index in [2.05, 4.69) is 15.6 Å². The van der Waals surface area contributed by atoms with Gasteiger partial charge in [-0.15, -0.1) is 0 Å². The van der Waals surface area contributed by atoms with Gasteiger partial charge in [-0.25, -0.2) is 13.6 Å². The van der Waals surface area contributed by atoms with Gasteiger partial charge in [0.1, 0.15) is 23.8 Å². The van der Waals surface area contributed by atoms with Gasteiger partial charge in [0.15, 0.2) is 0 Å². The van der Waals surface area contributed by atoms with Crippen molar-refractivity contribution in [3.05, 3.63) is 59.9 Å². The van der Waals surface area contributed by atoms with E-state index in [1.54, 1.807) is 6.20 Å². The highest BCUT2D eigenvalue weighted by atomic mass is 19.1. The summed E-state index contributed by atoms with van der Waals surface area (Å²) < 4.78 is 32.4. The molecule has 31 heavy (non-hydrogen) atoms. The molecule has 0 spiro atoms. The van der Waals surface area contributed by atoms with Crippen molar-refractivity contribution in [3.8, 4) is 0 Å². The number of benzene rings is 1. The van der Waals surface area contributed by atoms with Crippen LogP contribution in [0.15, 0.2) is 42.6 Å². The minimum atomic E-state index is -0.955. The lowest BCUT2D eigenvalue weighted by molar-refractivity contribution is -0.0205. The van der Waals surface area contributed by atoms with E-state index in [0.29, 0.717) is 19.0 Å². The van der Waals surface area contributed by atoms with E-state index in [1.807, 2.05) is 30.1 Å². The number of ether oxygens (including phenoxy) is 1. The number of aliphatic hydroxyl groups excluding tert-OH is 2. The molecular formula is C21H26F2N4O4. The monoisotopic (exact) mass is 436 g/mol. The zero-order valence-corrected chi connectivity index (χ0v) is 17.0. The second-order valence-electron chi connectivity index (χ2n) is 7.39. The lowest BCUT2D eigenvalue weighted by atomic mass is 10.0. The molecule has 3 rings (SSSR count). The summed E-state index contributed by atoms with van der Waals surface area (Å²) in [5, 5.41) is 25.0. The van der Waals surface area contributed by atoms with Gasteiger partial charge in [-0.3, -0.25) is 9.88 Å². The molecule has 1 saturated heterocycles. The Morgan fingerprint density at radius 2 is 2.06 bits per heavy atom. The van der Waals surface area contributed by atoms with Crippen LogP contribution in [0.3, 0.4) is 0 Å². The molecule has 2 aromatic rings. The number of carbonyl (C=O) groups excluding carboxylic acids is 1. The van der Waals surface area contributed by atoms with Gasteiger partial charge in [0.2, 0.25) is 0 Å². The van der Waals surface area contributed by atoms with Crippen molar-refractivity contribution in [1.82, 2.24) is 15.2 Å². The summed E-state index contributed by atoms with van der Waals surface area (Å²) in [6, 6.07) is 7.28. The highest BCUT2D eigenvalue weighted by Crippen LogP contribution is 2.25. The second-order valence-corrected chi connectivity index (χ2v) is 7.39. The van der Waals surface area contributed by atoms with Crippen LogP contribution < -0.4 is 10.6 Å². The predicted molar refractivity (Wildman–Crippen MR) is 109 cm³/mol. The fraction of sp³-hybridized carbons (Fsp3) is 0.429. The van der Waals surface area contributed by atoms with Gasteiger partial charge >= 0.3 is 6.03 Å². The van der Waals surface area contributed by atoms with E-state index in [0.717, 1.165) is 17.8 Å². The highest BCUT2D eigenvalue weighted by molar-refractivity contribution is 5.89. The van der Waals surface area contributed by atoms with Gasteiger partial charge in [-0.1, -0.05) is 6.07 Å². The molecule has 1 aromatic carbocycles. The van der Waals surface area contributed by atoms with Gasteiger partial charge in [0.25, 0.3) is 0 Å². The first kappa shape index (κ1) is 23.0. The molecule has 1 aliphatic rings. The summed E-state index contributed by atoms with van der Waals surface area (Å²) >= 11 is 0. The average Bonchev–Trinajstić information content (AvgIpc) is 3.08. The van der Waals surface area contributed by atoms with Gasteiger partial charge < -0.3 is 25.6 Å². The topological polar surface area (TPSA) is 107 Å². The van der Waals surface area contributed by atoms with Crippen molar-refractivity contribution in [2.24, 2.45) is 0 Å². The van der Waals surface area contributed by atoms with E-state index in [4.69, 9.17) is 4.74 Å². The number of aromatic nitrogens is 1. The molecule has 0 bridgehead atoms. The normalized spacial score (nSPS) is 23.2. The maximum atomic E-state index is 13.7. The molecule has 2 heterocycles. The van der Waals surface area contributed by atoms with E-state index >= 15 is 0 Å². The Labute approximate surface area is 178 Å². The maximum absolute atomic E-state index is 13.7. The smallest absolute Gasteiger partial charge is 0.319 e. The number of rotatable bonds is 8. The van der Waals surface area contributed by atoms with Crippen LogP contribution in [0.2, 0.25) is 0 Å². The van der Waals surface area contributed by atoms with Crippen LogP contribution in [-0.2, 0) is 11.2 Å². The van der Waals surface area contributed by atoms with Crippen molar-refractivity contribution < 1.29 is 28.5 Å². The minimum Gasteiger partial charge on any atom is -0.394 e. The lowest BCUT2D eigenvalue weighted by Gasteiger charge is -2.30. The second kappa shape index (κ2) is 10.6. The summed E-state index contributed by atoms with van der Waals surface area (Å²) in [5.41, 5.74) is 0.736. The van der Waals surface area contributed by atoms with Crippen LogP contribution in [0, 0.1) is 11.6 Å². The standard InChI is InChI=1S/C21H26F2N4O4/c1-27(9-7-14-4-2-3-8-24-14)19-17(31-18(12-28)20(19)29)11-25-21(30)26-16-6-5-13(22)10-15(16)23/h2-6,8,10,17-20,28-29H,7,9,11-12H2,1H3,(H2,25,26,30)/t17-,18+,19+,20-/m1/s1. The van der Waals surface area contributed by atoms with E-state index in [9.17, 15) is 23.8 Å². The van der Waals surface area contributed by atoms with E-state index in [1.165, 1.54) is 0 Å². The summed E-state index contributed by atoms with van der Waals surface area (Å²) in [7, 11) is 1.82. The lowest BCUT2D eigenvalue weighted by Crippen LogP contribution is -2.50. The first-order valence-corrected chi connectivity index (χ1v) is 9.93. The summed E-state index contributed by atoms with van der Waals surface area (Å²) in [5.74, 6) is -1.64. The molecule has 1 aliphatic heterocycles. The number of amides is 2. The van der Waals surface area contributed by atoms with Crippen LogP contribution >= 0.6 is 0 Å². The molecule has 1 aromatic heterocycles. The molecule has 10 heteroatoms. The van der Waals surface area contributed by atoms with Crippen molar-refractivity contribution in [2.75, 3.05) is 32.1 Å². The van der Waals surface area contributed by atoms with E-state index < -0.39 is 42.0 Å². The molecule has 4 atom stereocenters. The fourth-order valence-corrected chi connectivity index (χ4v) is 3.63. The first-order chi connectivity index (χ1) is 14.9. The first-order valence-electron chi connectivity index (χ1n) is 9.93. The Balaban J connectivity index is 1.58. The third-order valence-electron chi connectivity index (χ3n) is 5.24. The maximum Gasteiger partial charge on any atom is 0.319 e. The van der Waals surface area contributed by atoms with Crippen LogP contribution in [0.5, 0.6) is 0 Å². The Morgan fingerprint density at radius 1 is 1.26 bits per heavy atom. The number of hydrogen-bond acceptors (Lipinski definition) is 6. The summed E-state index contributed by atoms with van der Waals surface area (Å²) in [6.07, 6.45) is 0.00828. The van der Waals surface area contributed by atoms with Crippen LogP contribution in [0.4, 0.5) is 19.3 Å². The number of nitrogens with zero attached hydrogens (tertiary/aromatic N) is 2. The van der Waals surface area contributed by atoms with Crippen LogP contribution in [0.25, 0.3) is 0 Å². The molecule has 168 valence electrons. The number of hydrogen-bond donors (Lipinski definition) is 4. The number of aliphatic hydroxyl groups is 2. The Hall–Kier alpha value is -2.66. The molecule has 0 radical (unpaired) electrons. The molecule has 4 N–H and O–H groups in total.